The van der Waals surface area contributed by atoms with Crippen LogP contribution in [-0.4, -0.2) is 56.2 Å². The molecule has 1 aromatic heterocycles. The molecule has 15 heteroatoms. The van der Waals surface area contributed by atoms with Gasteiger partial charge in [-0.2, -0.15) is 22.7 Å². The summed E-state index contributed by atoms with van der Waals surface area (Å²) in [6.07, 6.45) is 5.07. The Balaban J connectivity index is 1.66. The van der Waals surface area contributed by atoms with Crippen molar-refractivity contribution in [3.05, 3.63) is 58.1 Å². The zero-order valence-corrected chi connectivity index (χ0v) is 26.4. The number of rotatable bonds is 14. The minimum Gasteiger partial charge on any atom is -0.748 e. The summed E-state index contributed by atoms with van der Waals surface area (Å²) in [6.45, 7) is 4.74. The Morgan fingerprint density at radius 3 is 2.52 bits per heavy atom. The molecule has 0 amide bonds. The molecule has 4 rings (SSSR count). The first-order valence-electron chi connectivity index (χ1n) is 13.3. The zero-order chi connectivity index (χ0) is 30.5. The predicted molar refractivity (Wildman–Crippen MR) is 164 cm³/mol. The Hall–Kier alpha value is -2.66. The van der Waals surface area contributed by atoms with Gasteiger partial charge in [-0.15, -0.1) is 0 Å². The van der Waals surface area contributed by atoms with Crippen LogP contribution in [0.15, 0.2) is 58.0 Å². The molecule has 0 unspecified atom stereocenters. The topological polar surface area (TPSA) is 160 Å². The SMILES string of the molecule is CCNOS(=O)(=O)CCCN1C(=CC(=Cc2sc3ccc(O)cc3[n+]2CCCS(=O)(=O)[O-])CC)Sc2ccc(O)cc21. The van der Waals surface area contributed by atoms with E-state index in [4.69, 9.17) is 4.28 Å². The average molecular weight is 656 g/mol. The van der Waals surface area contributed by atoms with Crippen LogP contribution in [0.5, 0.6) is 11.5 Å². The Bertz CT molecular complexity index is 1720. The summed E-state index contributed by atoms with van der Waals surface area (Å²) in [6, 6.07) is 10.1. The molecule has 42 heavy (non-hydrogen) atoms. The van der Waals surface area contributed by atoms with Crippen molar-refractivity contribution in [2.45, 2.75) is 44.6 Å². The second-order valence-corrected chi connectivity index (χ2v) is 14.9. The number of aromatic nitrogens is 1. The largest absolute Gasteiger partial charge is 0.748 e. The fourth-order valence-electron chi connectivity index (χ4n) is 4.41. The van der Waals surface area contributed by atoms with Crippen LogP contribution >= 0.6 is 23.1 Å². The summed E-state index contributed by atoms with van der Waals surface area (Å²) in [7, 11) is -8.11. The first-order valence-corrected chi connectivity index (χ1v) is 18.1. The molecule has 228 valence electrons. The summed E-state index contributed by atoms with van der Waals surface area (Å²) in [4.78, 5) is 2.90. The summed E-state index contributed by atoms with van der Waals surface area (Å²) >= 11 is 2.99. The first-order chi connectivity index (χ1) is 19.9. The highest BCUT2D eigenvalue weighted by Gasteiger charge is 2.27. The van der Waals surface area contributed by atoms with E-state index in [1.807, 2.05) is 34.6 Å². The molecule has 2 aromatic carbocycles. The predicted octanol–water partition coefficient (Wildman–Crippen LogP) is 4.04. The monoisotopic (exact) mass is 655 g/mol. The lowest BCUT2D eigenvalue weighted by atomic mass is 10.2. The van der Waals surface area contributed by atoms with Gasteiger partial charge in [0.15, 0.2) is 6.54 Å². The van der Waals surface area contributed by atoms with Crippen LogP contribution in [0.25, 0.3) is 16.3 Å². The maximum Gasteiger partial charge on any atom is 0.283 e. The molecule has 11 nitrogen and oxygen atoms in total. The maximum atomic E-state index is 12.2. The van der Waals surface area contributed by atoms with Gasteiger partial charge in [0.2, 0.25) is 5.52 Å². The number of anilines is 1. The molecule has 0 bridgehead atoms. The number of nitrogens with zero attached hydrogens (tertiary/aromatic N) is 2. The standard InChI is InChI=1S/C27H33N3O8S4/c1-3-19(15-26-29(11-5-13-41(33,34)35)22-17-20(31)7-9-24(22)39-26)16-27-30(12-6-14-42(36,37)38-28-4-2)23-18-21(32)8-10-25(23)40-27/h7-10,15-18,28H,3-6,11-14H2,1-2H3,(H2-,31,32,33,34,35). The fraction of sp³-hybridized carbons (Fsp3) is 0.370. The Kier molecular flexibility index (Phi) is 10.6. The van der Waals surface area contributed by atoms with E-state index in [2.05, 4.69) is 5.48 Å². The van der Waals surface area contributed by atoms with E-state index in [0.29, 0.717) is 19.5 Å². The Labute approximate surface area is 254 Å². The van der Waals surface area contributed by atoms with Crippen LogP contribution in [0.3, 0.4) is 0 Å². The van der Waals surface area contributed by atoms with Gasteiger partial charge < -0.3 is 19.7 Å². The summed E-state index contributed by atoms with van der Waals surface area (Å²) in [5.74, 6) is -0.497. The van der Waals surface area contributed by atoms with E-state index in [0.717, 1.165) is 36.4 Å². The lowest BCUT2D eigenvalue weighted by Gasteiger charge is -2.21. The summed E-state index contributed by atoms with van der Waals surface area (Å²) < 4.78 is 65.6. The minimum atomic E-state index is -4.36. The number of aromatic hydroxyl groups is 2. The van der Waals surface area contributed by atoms with Crippen molar-refractivity contribution < 1.29 is 40.5 Å². The molecule has 0 radical (unpaired) electrons. The summed E-state index contributed by atoms with van der Waals surface area (Å²) in [5.41, 5.74) is 4.83. The van der Waals surface area contributed by atoms with Crippen LogP contribution in [0.2, 0.25) is 0 Å². The highest BCUT2D eigenvalue weighted by Crippen LogP contribution is 2.48. The molecule has 0 fully saturated rings. The van der Waals surface area contributed by atoms with Crippen LogP contribution in [0, 0.1) is 0 Å². The van der Waals surface area contributed by atoms with Crippen molar-refractivity contribution in [1.29, 1.82) is 0 Å². The molecule has 3 aromatic rings. The van der Waals surface area contributed by atoms with Crippen molar-refractivity contribution in [2.24, 2.45) is 0 Å². The van der Waals surface area contributed by atoms with Gasteiger partial charge in [0.25, 0.3) is 15.1 Å². The zero-order valence-electron chi connectivity index (χ0n) is 23.1. The highest BCUT2D eigenvalue weighted by atomic mass is 32.2. The smallest absolute Gasteiger partial charge is 0.283 e. The molecular formula is C27H33N3O8S4. The van der Waals surface area contributed by atoms with E-state index >= 15 is 0 Å². The normalized spacial score (nSPS) is 15.2. The van der Waals surface area contributed by atoms with E-state index in [-0.39, 0.29) is 36.6 Å². The van der Waals surface area contributed by atoms with Gasteiger partial charge in [-0.25, -0.2) is 8.42 Å². The number of aryl methyl sites for hydroxylation is 1. The molecule has 2 heterocycles. The quantitative estimate of drug-likeness (QED) is 0.131. The molecule has 0 aliphatic carbocycles. The average Bonchev–Trinajstić information content (AvgIpc) is 3.43. The van der Waals surface area contributed by atoms with Crippen molar-refractivity contribution in [3.8, 4) is 11.5 Å². The van der Waals surface area contributed by atoms with Gasteiger partial charge in [-0.05, 0) is 48.8 Å². The van der Waals surface area contributed by atoms with E-state index < -0.39 is 26.0 Å². The molecule has 0 spiro atoms. The van der Waals surface area contributed by atoms with E-state index in [1.54, 1.807) is 37.3 Å². The third kappa shape index (κ3) is 8.46. The van der Waals surface area contributed by atoms with Gasteiger partial charge in [-0.3, -0.25) is 0 Å². The Morgan fingerprint density at radius 2 is 1.81 bits per heavy atom. The molecule has 1 aliphatic rings. The number of phenols is 2. The number of nitrogens with one attached hydrogen (secondary N) is 1. The fourth-order valence-corrected chi connectivity index (χ4v) is 8.04. The van der Waals surface area contributed by atoms with Crippen LogP contribution in [0.4, 0.5) is 5.69 Å². The number of hydrogen-bond donors (Lipinski definition) is 3. The van der Waals surface area contributed by atoms with Crippen molar-refractivity contribution in [1.82, 2.24) is 5.48 Å². The number of thiazole rings is 1. The third-order valence-electron chi connectivity index (χ3n) is 6.34. The number of allylic oxidation sites excluding steroid dienone is 2. The van der Waals surface area contributed by atoms with Gasteiger partial charge in [0.05, 0.1) is 32.7 Å². The number of hydrogen-bond acceptors (Lipinski definition) is 12. The number of phenolic OH excluding ortho intramolecular Hbond substituents is 2. The number of fused-ring (bicyclic) bond motifs is 2. The van der Waals surface area contributed by atoms with Gasteiger partial charge in [-0.1, -0.05) is 36.9 Å². The molecule has 3 N–H and O–H groups in total. The lowest BCUT2D eigenvalue weighted by Crippen LogP contribution is -2.36. The first kappa shape index (κ1) is 32.3. The molecular weight excluding hydrogens is 623 g/mol. The van der Waals surface area contributed by atoms with Crippen LogP contribution in [-0.2, 0) is 31.1 Å². The van der Waals surface area contributed by atoms with Crippen molar-refractivity contribution in [2.75, 3.05) is 29.5 Å². The van der Waals surface area contributed by atoms with Crippen molar-refractivity contribution >= 4 is 65.3 Å². The van der Waals surface area contributed by atoms with Gasteiger partial charge in [0, 0.05) is 42.3 Å². The number of hydroxylamine groups is 1. The molecule has 1 aliphatic heterocycles. The van der Waals surface area contributed by atoms with E-state index in [9.17, 15) is 31.6 Å². The molecule has 0 saturated heterocycles. The number of benzene rings is 2. The Morgan fingerprint density at radius 1 is 1.07 bits per heavy atom. The minimum absolute atomic E-state index is 0.0794. The molecule has 0 saturated carbocycles. The second-order valence-electron chi connectivity index (χ2n) is 9.52. The highest BCUT2D eigenvalue weighted by molar-refractivity contribution is 8.03. The number of thioether (sulfide) groups is 1. The van der Waals surface area contributed by atoms with Crippen LogP contribution in [0.1, 0.15) is 38.1 Å². The van der Waals surface area contributed by atoms with Crippen LogP contribution < -0.4 is 14.9 Å². The second kappa shape index (κ2) is 13.8. The maximum absolute atomic E-state index is 12.2. The lowest BCUT2D eigenvalue weighted by molar-refractivity contribution is -0.668. The van der Waals surface area contributed by atoms with Crippen molar-refractivity contribution in [3.63, 3.8) is 0 Å². The third-order valence-corrected chi connectivity index (χ3v) is 10.5. The molecule has 0 atom stereocenters. The van der Waals surface area contributed by atoms with Gasteiger partial charge >= 0.3 is 0 Å². The van der Waals surface area contributed by atoms with Gasteiger partial charge in [0.1, 0.15) is 16.2 Å². The summed E-state index contributed by atoms with van der Waals surface area (Å²) in [5, 5.41) is 21.9. The van der Waals surface area contributed by atoms with E-state index in [1.165, 1.54) is 23.1 Å².